The van der Waals surface area contributed by atoms with E-state index in [0.29, 0.717) is 31.0 Å². The standard InChI is InChI=1S/C13H21N3O2/c1-16-9-2-3-10(16)7-8(6-9)14-11-4-5-12(17)15-13(11)18/h8-11,14H,2-7H2,1H3,(H,15,17,18). The number of piperidine rings is 2. The third kappa shape index (κ3) is 2.17. The fourth-order valence-corrected chi connectivity index (χ4v) is 3.68. The highest BCUT2D eigenvalue weighted by molar-refractivity contribution is 6.00. The average molecular weight is 251 g/mol. The quantitative estimate of drug-likeness (QED) is 0.679. The second-order valence-corrected chi connectivity index (χ2v) is 5.89. The van der Waals surface area contributed by atoms with E-state index in [-0.39, 0.29) is 17.9 Å². The minimum atomic E-state index is -0.171. The van der Waals surface area contributed by atoms with Crippen molar-refractivity contribution in [2.24, 2.45) is 0 Å². The SMILES string of the molecule is CN1C2CCC1CC(NC1CCC(=O)NC1=O)C2. The molecule has 0 spiro atoms. The van der Waals surface area contributed by atoms with Gasteiger partial charge in [-0.2, -0.15) is 0 Å². The predicted octanol–water partition coefficient (Wildman–Crippen LogP) is 0.00640. The van der Waals surface area contributed by atoms with Gasteiger partial charge >= 0.3 is 0 Å². The molecule has 3 saturated heterocycles. The lowest BCUT2D eigenvalue weighted by atomic mass is 9.95. The Kier molecular flexibility index (Phi) is 3.11. The zero-order valence-corrected chi connectivity index (χ0v) is 10.8. The number of nitrogens with one attached hydrogen (secondary N) is 2. The van der Waals surface area contributed by atoms with Crippen molar-refractivity contribution in [1.82, 2.24) is 15.5 Å². The molecule has 3 unspecified atom stereocenters. The summed E-state index contributed by atoms with van der Waals surface area (Å²) in [5.41, 5.74) is 0. The summed E-state index contributed by atoms with van der Waals surface area (Å²) in [6, 6.07) is 1.61. The number of hydrogen-bond donors (Lipinski definition) is 2. The first-order valence-corrected chi connectivity index (χ1v) is 6.95. The lowest BCUT2D eigenvalue weighted by Gasteiger charge is -2.38. The van der Waals surface area contributed by atoms with Crippen LogP contribution in [0.3, 0.4) is 0 Å². The maximum absolute atomic E-state index is 11.7. The molecule has 18 heavy (non-hydrogen) atoms. The summed E-state index contributed by atoms with van der Waals surface area (Å²) in [6.45, 7) is 0. The number of fused-ring (bicyclic) bond motifs is 2. The van der Waals surface area contributed by atoms with E-state index in [1.54, 1.807) is 0 Å². The van der Waals surface area contributed by atoms with Gasteiger partial charge in [-0.1, -0.05) is 0 Å². The Labute approximate surface area is 107 Å². The van der Waals surface area contributed by atoms with E-state index >= 15 is 0 Å². The van der Waals surface area contributed by atoms with Crippen LogP contribution in [0, 0.1) is 0 Å². The molecule has 100 valence electrons. The molecule has 2 N–H and O–H groups in total. The molecule has 5 heteroatoms. The van der Waals surface area contributed by atoms with Gasteiger partial charge in [-0.3, -0.25) is 14.9 Å². The normalized spacial score (nSPS) is 40.9. The molecule has 2 amide bonds. The highest BCUT2D eigenvalue weighted by atomic mass is 16.2. The Morgan fingerprint density at radius 3 is 2.44 bits per heavy atom. The Morgan fingerprint density at radius 2 is 1.83 bits per heavy atom. The number of imide groups is 1. The van der Waals surface area contributed by atoms with Gasteiger partial charge in [0.15, 0.2) is 0 Å². The van der Waals surface area contributed by atoms with E-state index in [1.165, 1.54) is 12.8 Å². The van der Waals surface area contributed by atoms with E-state index < -0.39 is 0 Å². The fourth-order valence-electron chi connectivity index (χ4n) is 3.68. The molecular formula is C13H21N3O2. The second-order valence-electron chi connectivity index (χ2n) is 5.89. The van der Waals surface area contributed by atoms with Gasteiger partial charge in [0.2, 0.25) is 11.8 Å². The number of carbonyl (C=O) groups is 2. The van der Waals surface area contributed by atoms with Crippen LogP contribution in [-0.2, 0) is 9.59 Å². The molecule has 3 atom stereocenters. The molecule has 0 aliphatic carbocycles. The first-order chi connectivity index (χ1) is 8.63. The molecule has 0 saturated carbocycles. The van der Waals surface area contributed by atoms with Gasteiger partial charge in [-0.15, -0.1) is 0 Å². The number of carbonyl (C=O) groups excluding carboxylic acids is 2. The van der Waals surface area contributed by atoms with Crippen molar-refractivity contribution >= 4 is 11.8 Å². The molecule has 0 aromatic heterocycles. The molecular weight excluding hydrogens is 230 g/mol. The van der Waals surface area contributed by atoms with Crippen molar-refractivity contribution in [3.63, 3.8) is 0 Å². The lowest BCUT2D eigenvalue weighted by Crippen LogP contribution is -2.56. The van der Waals surface area contributed by atoms with E-state index in [0.717, 1.165) is 12.8 Å². The monoisotopic (exact) mass is 251 g/mol. The summed E-state index contributed by atoms with van der Waals surface area (Å²) in [4.78, 5) is 25.3. The van der Waals surface area contributed by atoms with Gasteiger partial charge in [-0.05, 0) is 39.2 Å². The van der Waals surface area contributed by atoms with E-state index in [9.17, 15) is 9.59 Å². The summed E-state index contributed by atoms with van der Waals surface area (Å²) >= 11 is 0. The van der Waals surface area contributed by atoms with Crippen LogP contribution in [0.5, 0.6) is 0 Å². The highest BCUT2D eigenvalue weighted by Gasteiger charge is 2.39. The largest absolute Gasteiger partial charge is 0.303 e. The molecule has 0 aromatic carbocycles. The molecule has 5 nitrogen and oxygen atoms in total. The Bertz CT molecular complexity index is 357. The number of nitrogens with zero attached hydrogens (tertiary/aromatic N) is 1. The molecule has 3 heterocycles. The van der Waals surface area contributed by atoms with Crippen LogP contribution in [0.25, 0.3) is 0 Å². The number of hydrogen-bond acceptors (Lipinski definition) is 4. The number of amides is 2. The van der Waals surface area contributed by atoms with Crippen LogP contribution in [0.15, 0.2) is 0 Å². The highest BCUT2D eigenvalue weighted by Crippen LogP contribution is 2.34. The van der Waals surface area contributed by atoms with Gasteiger partial charge in [0, 0.05) is 24.5 Å². The summed E-state index contributed by atoms with van der Waals surface area (Å²) in [5, 5.41) is 5.87. The van der Waals surface area contributed by atoms with Gasteiger partial charge < -0.3 is 10.2 Å². The lowest BCUT2D eigenvalue weighted by molar-refractivity contribution is -0.135. The van der Waals surface area contributed by atoms with Gasteiger partial charge in [-0.25, -0.2) is 0 Å². The van der Waals surface area contributed by atoms with E-state index in [1.807, 2.05) is 0 Å². The minimum Gasteiger partial charge on any atom is -0.303 e. The Balaban J connectivity index is 1.58. The molecule has 0 radical (unpaired) electrons. The minimum absolute atomic E-state index is 0.138. The van der Waals surface area contributed by atoms with Crippen molar-refractivity contribution < 1.29 is 9.59 Å². The molecule has 3 fully saturated rings. The van der Waals surface area contributed by atoms with Crippen LogP contribution in [-0.4, -0.2) is 47.9 Å². The summed E-state index contributed by atoms with van der Waals surface area (Å²) in [5.74, 6) is -0.279. The zero-order valence-electron chi connectivity index (χ0n) is 10.8. The zero-order chi connectivity index (χ0) is 12.7. The fraction of sp³-hybridized carbons (Fsp3) is 0.846. The molecule has 2 bridgehead atoms. The van der Waals surface area contributed by atoms with Crippen molar-refractivity contribution in [2.45, 2.75) is 62.7 Å². The average Bonchev–Trinajstić information content (AvgIpc) is 2.57. The van der Waals surface area contributed by atoms with Crippen molar-refractivity contribution in [2.75, 3.05) is 7.05 Å². The van der Waals surface area contributed by atoms with E-state index in [2.05, 4.69) is 22.6 Å². The van der Waals surface area contributed by atoms with Gasteiger partial charge in [0.1, 0.15) is 0 Å². The van der Waals surface area contributed by atoms with Crippen LogP contribution < -0.4 is 10.6 Å². The van der Waals surface area contributed by atoms with Gasteiger partial charge in [0.05, 0.1) is 6.04 Å². The second kappa shape index (κ2) is 4.63. The van der Waals surface area contributed by atoms with E-state index in [4.69, 9.17) is 0 Å². The summed E-state index contributed by atoms with van der Waals surface area (Å²) in [7, 11) is 2.21. The maximum Gasteiger partial charge on any atom is 0.243 e. The van der Waals surface area contributed by atoms with Crippen LogP contribution in [0.2, 0.25) is 0 Å². The Morgan fingerprint density at radius 1 is 1.17 bits per heavy atom. The molecule has 3 aliphatic rings. The first-order valence-electron chi connectivity index (χ1n) is 6.95. The topological polar surface area (TPSA) is 61.4 Å². The molecule has 3 aliphatic heterocycles. The smallest absolute Gasteiger partial charge is 0.243 e. The number of rotatable bonds is 2. The predicted molar refractivity (Wildman–Crippen MR) is 66.9 cm³/mol. The Hall–Kier alpha value is -0.940. The first kappa shape index (κ1) is 12.1. The van der Waals surface area contributed by atoms with Crippen LogP contribution >= 0.6 is 0 Å². The maximum atomic E-state index is 11.7. The molecule has 3 rings (SSSR count). The van der Waals surface area contributed by atoms with Crippen LogP contribution in [0.1, 0.15) is 38.5 Å². The van der Waals surface area contributed by atoms with Crippen molar-refractivity contribution in [3.8, 4) is 0 Å². The third-order valence-electron chi connectivity index (χ3n) is 4.77. The van der Waals surface area contributed by atoms with Gasteiger partial charge in [0.25, 0.3) is 0 Å². The van der Waals surface area contributed by atoms with Crippen molar-refractivity contribution in [1.29, 1.82) is 0 Å². The van der Waals surface area contributed by atoms with Crippen molar-refractivity contribution in [3.05, 3.63) is 0 Å². The van der Waals surface area contributed by atoms with Crippen LogP contribution in [0.4, 0.5) is 0 Å². The summed E-state index contributed by atoms with van der Waals surface area (Å²) < 4.78 is 0. The summed E-state index contributed by atoms with van der Waals surface area (Å²) in [6.07, 6.45) is 5.94. The third-order valence-corrected chi connectivity index (χ3v) is 4.77. The molecule has 0 aromatic rings.